The molecular formula is C16H15FO3. The van der Waals surface area contributed by atoms with E-state index in [1.807, 2.05) is 0 Å². The summed E-state index contributed by atoms with van der Waals surface area (Å²) in [6.07, 6.45) is 0. The molecule has 2 rings (SSSR count). The van der Waals surface area contributed by atoms with Crippen molar-refractivity contribution in [3.63, 3.8) is 0 Å². The molecule has 4 heteroatoms. The normalized spacial score (nSPS) is 12.2. The van der Waals surface area contributed by atoms with Crippen LogP contribution in [0.1, 0.15) is 39.2 Å². The quantitative estimate of drug-likeness (QED) is 0.630. The lowest BCUT2D eigenvalue weighted by Gasteiger charge is -2.09. The lowest BCUT2D eigenvalue weighted by atomic mass is 9.91. The van der Waals surface area contributed by atoms with Gasteiger partial charge < -0.3 is 4.42 Å². The van der Waals surface area contributed by atoms with Gasteiger partial charge >= 0.3 is 0 Å². The highest BCUT2D eigenvalue weighted by atomic mass is 19.1. The summed E-state index contributed by atoms with van der Waals surface area (Å²) in [4.78, 5) is 24.5. The van der Waals surface area contributed by atoms with Gasteiger partial charge in [-0.2, -0.15) is 0 Å². The molecule has 1 unspecified atom stereocenters. The number of hydrogen-bond donors (Lipinski definition) is 0. The first-order chi connectivity index (χ1) is 9.40. The minimum Gasteiger partial charge on any atom is -0.466 e. The van der Waals surface area contributed by atoms with Crippen molar-refractivity contribution in [3.05, 3.63) is 58.8 Å². The lowest BCUT2D eigenvalue weighted by molar-refractivity contribution is 0.0820. The van der Waals surface area contributed by atoms with Crippen LogP contribution in [-0.4, -0.2) is 11.6 Å². The Hall–Kier alpha value is -2.23. The average molecular weight is 274 g/mol. The molecule has 1 heterocycles. The number of aryl methyl sites for hydroxylation is 2. The number of furan rings is 1. The molecule has 20 heavy (non-hydrogen) atoms. The molecule has 0 radical (unpaired) electrons. The van der Waals surface area contributed by atoms with Crippen molar-refractivity contribution >= 4 is 11.6 Å². The summed E-state index contributed by atoms with van der Waals surface area (Å²) in [7, 11) is 0. The maximum absolute atomic E-state index is 12.8. The maximum atomic E-state index is 12.8. The van der Waals surface area contributed by atoms with Gasteiger partial charge in [-0.1, -0.05) is 0 Å². The second-order valence-corrected chi connectivity index (χ2v) is 4.78. The first-order valence-electron chi connectivity index (χ1n) is 6.31. The molecule has 0 aliphatic heterocycles. The largest absolute Gasteiger partial charge is 0.466 e. The van der Waals surface area contributed by atoms with Crippen molar-refractivity contribution in [2.24, 2.45) is 5.92 Å². The number of benzene rings is 1. The smallest absolute Gasteiger partial charge is 0.176 e. The fraction of sp³-hybridized carbons (Fsp3) is 0.250. The predicted octanol–water partition coefficient (Wildman–Crippen LogP) is 3.74. The van der Waals surface area contributed by atoms with Gasteiger partial charge in [0.15, 0.2) is 11.6 Å². The summed E-state index contributed by atoms with van der Waals surface area (Å²) in [6, 6.07) is 6.81. The van der Waals surface area contributed by atoms with Crippen LogP contribution in [0.5, 0.6) is 0 Å². The summed E-state index contributed by atoms with van der Waals surface area (Å²) in [5.74, 6) is -0.710. The Morgan fingerprint density at radius 1 is 1.10 bits per heavy atom. The second-order valence-electron chi connectivity index (χ2n) is 4.78. The molecule has 0 saturated carbocycles. The van der Waals surface area contributed by atoms with Gasteiger partial charge in [0, 0.05) is 5.56 Å². The van der Waals surface area contributed by atoms with Gasteiger partial charge in [0.05, 0.1) is 11.5 Å². The van der Waals surface area contributed by atoms with E-state index in [0.717, 1.165) is 0 Å². The van der Waals surface area contributed by atoms with Crippen LogP contribution in [0.3, 0.4) is 0 Å². The van der Waals surface area contributed by atoms with Crippen LogP contribution >= 0.6 is 0 Å². The monoisotopic (exact) mass is 274 g/mol. The Balaban J connectivity index is 2.24. The van der Waals surface area contributed by atoms with E-state index in [1.54, 1.807) is 26.8 Å². The van der Waals surface area contributed by atoms with Crippen LogP contribution in [0.4, 0.5) is 4.39 Å². The summed E-state index contributed by atoms with van der Waals surface area (Å²) in [5.41, 5.74) is 0.746. The molecular weight excluding hydrogens is 259 g/mol. The minimum absolute atomic E-state index is 0.284. The molecule has 0 bridgehead atoms. The van der Waals surface area contributed by atoms with Crippen molar-refractivity contribution in [1.82, 2.24) is 0 Å². The van der Waals surface area contributed by atoms with Gasteiger partial charge in [0.1, 0.15) is 17.3 Å². The number of Topliss-reactive ketones (excluding diaryl/α,β-unsaturated/α-hetero) is 2. The fourth-order valence-corrected chi connectivity index (χ4v) is 2.09. The number of halogens is 1. The summed E-state index contributed by atoms with van der Waals surface area (Å²) < 4.78 is 18.1. The van der Waals surface area contributed by atoms with Crippen LogP contribution in [0.25, 0.3) is 0 Å². The molecule has 0 aliphatic rings. The van der Waals surface area contributed by atoms with Crippen LogP contribution in [0.15, 0.2) is 34.7 Å². The Labute approximate surface area is 116 Å². The van der Waals surface area contributed by atoms with Crippen molar-refractivity contribution in [2.45, 2.75) is 20.8 Å². The minimum atomic E-state index is -0.823. The molecule has 1 atom stereocenters. The molecule has 0 spiro atoms. The topological polar surface area (TPSA) is 47.3 Å². The standard InChI is InChI=1S/C16H15FO3/c1-9-8-14(11(3)20-9)16(19)10(2)15(18)12-4-6-13(17)7-5-12/h4-8,10H,1-3H3. The van der Waals surface area contributed by atoms with Crippen LogP contribution in [0, 0.1) is 25.6 Å². The van der Waals surface area contributed by atoms with Gasteiger partial charge in [0.25, 0.3) is 0 Å². The van der Waals surface area contributed by atoms with Crippen LogP contribution < -0.4 is 0 Å². The van der Waals surface area contributed by atoms with Crippen molar-refractivity contribution in [1.29, 1.82) is 0 Å². The molecule has 0 fully saturated rings. The SMILES string of the molecule is Cc1cc(C(=O)C(C)C(=O)c2ccc(F)cc2)c(C)o1. The highest BCUT2D eigenvalue weighted by Gasteiger charge is 2.26. The van der Waals surface area contributed by atoms with E-state index in [9.17, 15) is 14.0 Å². The molecule has 2 aromatic rings. The first-order valence-corrected chi connectivity index (χ1v) is 6.31. The first kappa shape index (κ1) is 14.2. The van der Waals surface area contributed by atoms with Gasteiger partial charge in [-0.3, -0.25) is 9.59 Å². The molecule has 1 aromatic heterocycles. The van der Waals surface area contributed by atoms with Gasteiger partial charge in [-0.05, 0) is 51.1 Å². The predicted molar refractivity (Wildman–Crippen MR) is 72.4 cm³/mol. The number of carbonyl (C=O) groups is 2. The molecule has 1 aromatic carbocycles. The van der Waals surface area contributed by atoms with E-state index < -0.39 is 11.7 Å². The molecule has 0 aliphatic carbocycles. The zero-order valence-electron chi connectivity index (χ0n) is 11.6. The summed E-state index contributed by atoms with van der Waals surface area (Å²) in [6.45, 7) is 4.99. The molecule has 0 amide bonds. The Morgan fingerprint density at radius 2 is 1.70 bits per heavy atom. The van der Waals surface area contributed by atoms with Gasteiger partial charge in [-0.25, -0.2) is 4.39 Å². The highest BCUT2D eigenvalue weighted by Crippen LogP contribution is 2.20. The average Bonchev–Trinajstić information content (AvgIpc) is 2.76. The fourth-order valence-electron chi connectivity index (χ4n) is 2.09. The summed E-state index contributed by atoms with van der Waals surface area (Å²) >= 11 is 0. The number of hydrogen-bond acceptors (Lipinski definition) is 3. The number of carbonyl (C=O) groups excluding carboxylic acids is 2. The summed E-state index contributed by atoms with van der Waals surface area (Å²) in [5, 5.41) is 0. The van der Waals surface area contributed by atoms with Gasteiger partial charge in [-0.15, -0.1) is 0 Å². The van der Waals surface area contributed by atoms with E-state index in [-0.39, 0.29) is 11.6 Å². The van der Waals surface area contributed by atoms with Crippen molar-refractivity contribution < 1.29 is 18.4 Å². The Morgan fingerprint density at radius 3 is 2.20 bits per heavy atom. The van der Waals surface area contributed by atoms with Crippen molar-refractivity contribution in [2.75, 3.05) is 0 Å². The molecule has 0 N–H and O–H groups in total. The van der Waals surface area contributed by atoms with Crippen LogP contribution in [-0.2, 0) is 0 Å². The van der Waals surface area contributed by atoms with Gasteiger partial charge in [0.2, 0.25) is 0 Å². The van der Waals surface area contributed by atoms with E-state index in [4.69, 9.17) is 4.42 Å². The third-order valence-corrected chi connectivity index (χ3v) is 3.22. The van der Waals surface area contributed by atoms with E-state index in [0.29, 0.717) is 22.6 Å². The number of ketones is 2. The lowest BCUT2D eigenvalue weighted by Crippen LogP contribution is -2.21. The highest BCUT2D eigenvalue weighted by molar-refractivity contribution is 6.16. The van der Waals surface area contributed by atoms with E-state index >= 15 is 0 Å². The third kappa shape index (κ3) is 2.69. The molecule has 3 nitrogen and oxygen atoms in total. The third-order valence-electron chi connectivity index (χ3n) is 3.22. The van der Waals surface area contributed by atoms with E-state index in [1.165, 1.54) is 24.3 Å². The molecule has 0 saturated heterocycles. The van der Waals surface area contributed by atoms with Crippen LogP contribution in [0.2, 0.25) is 0 Å². The second kappa shape index (κ2) is 5.41. The Bertz CT molecular complexity index is 653. The molecule has 104 valence electrons. The zero-order valence-corrected chi connectivity index (χ0v) is 11.6. The zero-order chi connectivity index (χ0) is 14.9. The Kier molecular flexibility index (Phi) is 3.84. The van der Waals surface area contributed by atoms with E-state index in [2.05, 4.69) is 0 Å². The number of rotatable bonds is 4. The van der Waals surface area contributed by atoms with Crippen molar-refractivity contribution in [3.8, 4) is 0 Å². The maximum Gasteiger partial charge on any atom is 0.176 e.